The third kappa shape index (κ3) is 4.10. The monoisotopic (exact) mass is 207 g/mol. The molecule has 1 aromatic carbocycles. The maximum Gasteiger partial charge on any atom is 0.224 e. The average molecular weight is 207 g/mol. The summed E-state index contributed by atoms with van der Waals surface area (Å²) in [4.78, 5) is 11.4. The number of rotatable bonds is 5. The molecule has 0 heterocycles. The fraction of sp³-hybridized carbons (Fsp3) is 0.364. The maximum absolute atomic E-state index is 11.4. The van der Waals surface area contributed by atoms with Crippen LogP contribution in [0.3, 0.4) is 0 Å². The first-order valence-corrected chi connectivity index (χ1v) is 5.05. The van der Waals surface area contributed by atoms with Crippen LogP contribution in [-0.2, 0) is 11.3 Å². The summed E-state index contributed by atoms with van der Waals surface area (Å²) in [5.41, 5.74) is 12.6. The van der Waals surface area contributed by atoms with Gasteiger partial charge in [-0.2, -0.15) is 0 Å². The highest BCUT2D eigenvalue weighted by atomic mass is 16.1. The van der Waals surface area contributed by atoms with Gasteiger partial charge in [-0.1, -0.05) is 12.1 Å². The van der Waals surface area contributed by atoms with Crippen molar-refractivity contribution < 1.29 is 4.79 Å². The molecule has 4 heteroatoms. The number of amides is 1. The predicted octanol–water partition coefficient (Wildman–Crippen LogP) is 0.823. The lowest BCUT2D eigenvalue weighted by atomic mass is 10.2. The highest BCUT2D eigenvalue weighted by Gasteiger charge is 2.01. The van der Waals surface area contributed by atoms with E-state index in [1.807, 2.05) is 24.3 Å². The van der Waals surface area contributed by atoms with E-state index in [-0.39, 0.29) is 5.91 Å². The van der Waals surface area contributed by atoms with Crippen molar-refractivity contribution in [1.82, 2.24) is 0 Å². The van der Waals surface area contributed by atoms with E-state index < -0.39 is 0 Å². The Balaban J connectivity index is 2.52. The summed E-state index contributed by atoms with van der Waals surface area (Å²) >= 11 is 0. The van der Waals surface area contributed by atoms with Gasteiger partial charge in [0, 0.05) is 18.7 Å². The summed E-state index contributed by atoms with van der Waals surface area (Å²) in [6.07, 6.45) is 1.17. The Bertz CT molecular complexity index is 325. The fourth-order valence-corrected chi connectivity index (χ4v) is 1.26. The van der Waals surface area contributed by atoms with Crippen LogP contribution in [0.2, 0.25) is 0 Å². The van der Waals surface area contributed by atoms with Crippen LogP contribution in [0.25, 0.3) is 0 Å². The van der Waals surface area contributed by atoms with Gasteiger partial charge in [0.1, 0.15) is 0 Å². The minimum atomic E-state index is -0.00498. The van der Waals surface area contributed by atoms with Crippen LogP contribution in [-0.4, -0.2) is 12.5 Å². The Morgan fingerprint density at radius 2 is 2.13 bits per heavy atom. The quantitative estimate of drug-likeness (QED) is 0.668. The van der Waals surface area contributed by atoms with E-state index in [0.717, 1.165) is 11.3 Å². The first-order chi connectivity index (χ1) is 7.26. The molecule has 1 amide bonds. The molecule has 0 radical (unpaired) electrons. The Labute approximate surface area is 89.6 Å². The molecule has 0 saturated carbocycles. The van der Waals surface area contributed by atoms with Crippen LogP contribution in [0, 0.1) is 0 Å². The van der Waals surface area contributed by atoms with E-state index in [1.54, 1.807) is 0 Å². The summed E-state index contributed by atoms with van der Waals surface area (Å²) in [5, 5.41) is 2.80. The minimum Gasteiger partial charge on any atom is -0.330 e. The van der Waals surface area contributed by atoms with E-state index >= 15 is 0 Å². The van der Waals surface area contributed by atoms with Crippen molar-refractivity contribution in [3.05, 3.63) is 29.8 Å². The first kappa shape index (κ1) is 11.7. The molecule has 0 spiro atoms. The van der Waals surface area contributed by atoms with Crippen molar-refractivity contribution in [2.45, 2.75) is 19.4 Å². The van der Waals surface area contributed by atoms with Crippen LogP contribution >= 0.6 is 0 Å². The number of anilines is 1. The second-order valence-electron chi connectivity index (χ2n) is 3.34. The third-order valence-electron chi connectivity index (χ3n) is 2.05. The Hall–Kier alpha value is -1.39. The van der Waals surface area contributed by atoms with E-state index in [1.165, 1.54) is 0 Å². The number of hydrogen-bond acceptors (Lipinski definition) is 3. The number of nitrogens with one attached hydrogen (secondary N) is 1. The van der Waals surface area contributed by atoms with Gasteiger partial charge in [-0.3, -0.25) is 4.79 Å². The second-order valence-corrected chi connectivity index (χ2v) is 3.34. The summed E-state index contributed by atoms with van der Waals surface area (Å²) in [6.45, 7) is 1.02. The molecule has 0 aliphatic carbocycles. The zero-order valence-electron chi connectivity index (χ0n) is 8.70. The summed E-state index contributed by atoms with van der Waals surface area (Å²) in [6, 6.07) is 7.52. The molecule has 0 bridgehead atoms. The number of carbonyl (C=O) groups excluding carboxylic acids is 1. The van der Waals surface area contributed by atoms with Crippen molar-refractivity contribution in [3.63, 3.8) is 0 Å². The topological polar surface area (TPSA) is 81.1 Å². The molecule has 82 valence electrons. The highest BCUT2D eigenvalue weighted by Crippen LogP contribution is 2.10. The Kier molecular flexibility index (Phi) is 4.80. The Morgan fingerprint density at radius 1 is 1.33 bits per heavy atom. The minimum absolute atomic E-state index is 0.00498. The summed E-state index contributed by atoms with van der Waals surface area (Å²) in [5.74, 6) is -0.00498. The van der Waals surface area contributed by atoms with Gasteiger partial charge in [-0.25, -0.2) is 0 Å². The first-order valence-electron chi connectivity index (χ1n) is 5.05. The van der Waals surface area contributed by atoms with Crippen LogP contribution in [0.1, 0.15) is 18.4 Å². The van der Waals surface area contributed by atoms with E-state index in [0.29, 0.717) is 25.9 Å². The molecule has 0 aliphatic heterocycles. The van der Waals surface area contributed by atoms with Crippen LogP contribution < -0.4 is 16.8 Å². The van der Waals surface area contributed by atoms with Gasteiger partial charge in [0.25, 0.3) is 0 Å². The molecule has 1 rings (SSSR count). The zero-order chi connectivity index (χ0) is 11.1. The van der Waals surface area contributed by atoms with Crippen LogP contribution in [0.4, 0.5) is 5.69 Å². The molecular weight excluding hydrogens is 190 g/mol. The molecule has 15 heavy (non-hydrogen) atoms. The lowest BCUT2D eigenvalue weighted by molar-refractivity contribution is -0.116. The van der Waals surface area contributed by atoms with Crippen molar-refractivity contribution >= 4 is 11.6 Å². The molecule has 0 saturated heterocycles. The summed E-state index contributed by atoms with van der Waals surface area (Å²) < 4.78 is 0. The van der Waals surface area contributed by atoms with Crippen molar-refractivity contribution in [3.8, 4) is 0 Å². The molecule has 4 nitrogen and oxygen atoms in total. The fourth-order valence-electron chi connectivity index (χ4n) is 1.26. The highest BCUT2D eigenvalue weighted by molar-refractivity contribution is 5.90. The van der Waals surface area contributed by atoms with Crippen LogP contribution in [0.5, 0.6) is 0 Å². The predicted molar refractivity (Wildman–Crippen MR) is 61.3 cm³/mol. The van der Waals surface area contributed by atoms with Crippen molar-refractivity contribution in [2.75, 3.05) is 11.9 Å². The standard InChI is InChI=1S/C11H17N3O/c12-6-2-5-11(15)14-10-4-1-3-9(7-10)8-13/h1,3-4,7H,2,5-6,8,12-13H2,(H,14,15). The normalized spacial score (nSPS) is 10.0. The number of benzene rings is 1. The average Bonchev–Trinajstić information content (AvgIpc) is 2.26. The molecule has 0 aliphatic rings. The smallest absolute Gasteiger partial charge is 0.224 e. The lowest BCUT2D eigenvalue weighted by Crippen LogP contribution is -2.13. The van der Waals surface area contributed by atoms with E-state index in [2.05, 4.69) is 5.32 Å². The largest absolute Gasteiger partial charge is 0.330 e. The van der Waals surface area contributed by atoms with E-state index in [4.69, 9.17) is 11.5 Å². The molecular formula is C11H17N3O. The summed E-state index contributed by atoms with van der Waals surface area (Å²) in [7, 11) is 0. The zero-order valence-corrected chi connectivity index (χ0v) is 8.70. The molecule has 0 unspecified atom stereocenters. The molecule has 0 fully saturated rings. The van der Waals surface area contributed by atoms with Gasteiger partial charge in [-0.05, 0) is 30.7 Å². The number of carbonyl (C=O) groups is 1. The van der Waals surface area contributed by atoms with Gasteiger partial charge < -0.3 is 16.8 Å². The van der Waals surface area contributed by atoms with E-state index in [9.17, 15) is 4.79 Å². The van der Waals surface area contributed by atoms with Gasteiger partial charge in [0.05, 0.1) is 0 Å². The van der Waals surface area contributed by atoms with Gasteiger partial charge in [-0.15, -0.1) is 0 Å². The molecule has 0 aromatic heterocycles. The van der Waals surface area contributed by atoms with Crippen molar-refractivity contribution in [2.24, 2.45) is 11.5 Å². The molecule has 0 atom stereocenters. The Morgan fingerprint density at radius 3 is 2.80 bits per heavy atom. The van der Waals surface area contributed by atoms with Gasteiger partial charge in [0.15, 0.2) is 0 Å². The van der Waals surface area contributed by atoms with Gasteiger partial charge >= 0.3 is 0 Å². The third-order valence-corrected chi connectivity index (χ3v) is 2.05. The molecule has 1 aromatic rings. The van der Waals surface area contributed by atoms with Gasteiger partial charge in [0.2, 0.25) is 5.91 Å². The SMILES string of the molecule is NCCCC(=O)Nc1cccc(CN)c1. The second kappa shape index (κ2) is 6.16. The number of hydrogen-bond donors (Lipinski definition) is 3. The number of nitrogens with two attached hydrogens (primary N) is 2. The van der Waals surface area contributed by atoms with Crippen molar-refractivity contribution in [1.29, 1.82) is 0 Å². The lowest BCUT2D eigenvalue weighted by Gasteiger charge is -2.05. The maximum atomic E-state index is 11.4. The van der Waals surface area contributed by atoms with Crippen LogP contribution in [0.15, 0.2) is 24.3 Å². The molecule has 5 N–H and O–H groups in total.